The van der Waals surface area contributed by atoms with Gasteiger partial charge >= 0.3 is 0 Å². The number of hydrogen-bond donors (Lipinski definition) is 0. The molecule has 0 aliphatic carbocycles. The summed E-state index contributed by atoms with van der Waals surface area (Å²) in [5.74, 6) is 0.710. The maximum atomic E-state index is 8.85. The quantitative estimate of drug-likeness (QED) is 0.572. The largest absolute Gasteiger partial charge is 0.493 e. The molecular weight excluding hydrogens is 290 g/mol. The summed E-state index contributed by atoms with van der Waals surface area (Å²) >= 11 is 0. The molecule has 1 heterocycles. The van der Waals surface area contributed by atoms with E-state index in [1.54, 1.807) is 6.08 Å². The lowest BCUT2D eigenvalue weighted by molar-refractivity contribution is 0.0368. The van der Waals surface area contributed by atoms with E-state index in [2.05, 4.69) is 4.90 Å². The van der Waals surface area contributed by atoms with Gasteiger partial charge < -0.3 is 9.47 Å². The Morgan fingerprint density at radius 1 is 1.17 bits per heavy atom. The van der Waals surface area contributed by atoms with E-state index in [4.69, 9.17) is 20.0 Å². The van der Waals surface area contributed by atoms with Crippen molar-refractivity contribution in [2.24, 2.45) is 0 Å². The summed E-state index contributed by atoms with van der Waals surface area (Å²) in [4.78, 5) is 2.41. The van der Waals surface area contributed by atoms with Crippen molar-refractivity contribution in [1.29, 1.82) is 10.5 Å². The normalized spacial score (nSPS) is 14.5. The van der Waals surface area contributed by atoms with E-state index in [9.17, 15) is 0 Å². The summed E-state index contributed by atoms with van der Waals surface area (Å²) in [5, 5.41) is 17.7. The molecular formula is C18H21N3O2. The van der Waals surface area contributed by atoms with Crippen LogP contribution in [0, 0.1) is 22.7 Å². The number of hydrogen-bond acceptors (Lipinski definition) is 5. The lowest BCUT2D eigenvalue weighted by Gasteiger charge is -2.26. The Bertz CT molecular complexity index is 591. The molecule has 1 aromatic carbocycles. The highest BCUT2D eigenvalue weighted by atomic mass is 16.5. The third-order valence-corrected chi connectivity index (χ3v) is 3.69. The van der Waals surface area contributed by atoms with Crippen molar-refractivity contribution in [3.8, 4) is 17.9 Å². The van der Waals surface area contributed by atoms with Crippen LogP contribution in [0.2, 0.25) is 0 Å². The fourth-order valence-corrected chi connectivity index (χ4v) is 2.42. The summed E-state index contributed by atoms with van der Waals surface area (Å²) in [7, 11) is 0. The fraction of sp³-hybridized carbons (Fsp3) is 0.444. The second-order valence-corrected chi connectivity index (χ2v) is 5.33. The number of allylic oxidation sites excluding steroid dienone is 1. The van der Waals surface area contributed by atoms with E-state index in [0.717, 1.165) is 51.3 Å². The van der Waals surface area contributed by atoms with Crippen LogP contribution in [-0.4, -0.2) is 44.4 Å². The van der Waals surface area contributed by atoms with Gasteiger partial charge in [-0.15, -0.1) is 0 Å². The van der Waals surface area contributed by atoms with Crippen molar-refractivity contribution in [2.75, 3.05) is 39.5 Å². The van der Waals surface area contributed by atoms with Crippen molar-refractivity contribution in [1.82, 2.24) is 4.90 Å². The van der Waals surface area contributed by atoms with Gasteiger partial charge in [0.1, 0.15) is 23.5 Å². The molecule has 5 nitrogen and oxygen atoms in total. The lowest BCUT2D eigenvalue weighted by Crippen LogP contribution is -2.36. The van der Waals surface area contributed by atoms with Gasteiger partial charge in [-0.3, -0.25) is 4.90 Å². The Labute approximate surface area is 137 Å². The summed E-state index contributed by atoms with van der Waals surface area (Å²) in [5.41, 5.74) is 0.840. The first kappa shape index (κ1) is 17.0. The molecule has 0 radical (unpaired) electrons. The molecule has 1 aliphatic heterocycles. The number of morpholine rings is 1. The molecule has 1 aliphatic rings. The minimum atomic E-state index is 0.0772. The van der Waals surface area contributed by atoms with Crippen molar-refractivity contribution in [2.45, 2.75) is 12.8 Å². The van der Waals surface area contributed by atoms with E-state index in [1.807, 2.05) is 36.4 Å². The first-order valence-corrected chi connectivity index (χ1v) is 7.87. The minimum absolute atomic E-state index is 0.0772. The second-order valence-electron chi connectivity index (χ2n) is 5.33. The zero-order valence-corrected chi connectivity index (χ0v) is 13.2. The van der Waals surface area contributed by atoms with Crippen LogP contribution < -0.4 is 4.74 Å². The molecule has 0 amide bonds. The third-order valence-electron chi connectivity index (χ3n) is 3.69. The summed E-state index contributed by atoms with van der Waals surface area (Å²) in [6, 6.07) is 11.2. The van der Waals surface area contributed by atoms with Crippen LogP contribution in [0.5, 0.6) is 5.75 Å². The number of unbranched alkanes of at least 4 members (excludes halogenated alkanes) is 1. The SMILES string of the molecule is N#CC(C#N)=Cc1ccccc1OCCCCN1CCOCC1. The monoisotopic (exact) mass is 311 g/mol. The van der Waals surface area contributed by atoms with Crippen molar-refractivity contribution in [3.63, 3.8) is 0 Å². The van der Waals surface area contributed by atoms with Crippen LogP contribution in [0.25, 0.3) is 6.08 Å². The zero-order chi connectivity index (χ0) is 16.3. The Hall–Kier alpha value is -2.34. The van der Waals surface area contributed by atoms with E-state index >= 15 is 0 Å². The van der Waals surface area contributed by atoms with E-state index in [-0.39, 0.29) is 5.57 Å². The zero-order valence-electron chi connectivity index (χ0n) is 13.2. The molecule has 120 valence electrons. The van der Waals surface area contributed by atoms with Gasteiger partial charge in [0, 0.05) is 18.7 Å². The highest BCUT2D eigenvalue weighted by Crippen LogP contribution is 2.21. The van der Waals surface area contributed by atoms with Gasteiger partial charge in [0.05, 0.1) is 19.8 Å². The molecule has 0 unspecified atom stereocenters. The minimum Gasteiger partial charge on any atom is -0.493 e. The number of nitriles is 2. The predicted octanol–water partition coefficient (Wildman–Crippen LogP) is 2.61. The van der Waals surface area contributed by atoms with Gasteiger partial charge in [-0.1, -0.05) is 18.2 Å². The number of para-hydroxylation sites is 1. The van der Waals surface area contributed by atoms with E-state index < -0.39 is 0 Å². The molecule has 0 N–H and O–H groups in total. The van der Waals surface area contributed by atoms with Gasteiger partial charge in [0.15, 0.2) is 0 Å². The number of rotatable bonds is 7. The lowest BCUT2D eigenvalue weighted by atomic mass is 10.1. The smallest absolute Gasteiger partial charge is 0.130 e. The third kappa shape index (κ3) is 5.75. The molecule has 5 heteroatoms. The van der Waals surface area contributed by atoms with Gasteiger partial charge in [0.25, 0.3) is 0 Å². The maximum Gasteiger partial charge on any atom is 0.130 e. The number of nitrogens with zero attached hydrogens (tertiary/aromatic N) is 3. The first-order chi connectivity index (χ1) is 11.3. The average Bonchev–Trinajstić information content (AvgIpc) is 2.61. The molecule has 1 fully saturated rings. The van der Waals surface area contributed by atoms with Crippen LogP contribution in [0.15, 0.2) is 29.8 Å². The number of ether oxygens (including phenoxy) is 2. The molecule has 2 rings (SSSR count). The van der Waals surface area contributed by atoms with Gasteiger partial charge in [-0.25, -0.2) is 0 Å². The van der Waals surface area contributed by atoms with E-state index in [0.29, 0.717) is 12.4 Å². The average molecular weight is 311 g/mol. The molecule has 1 saturated heterocycles. The molecule has 23 heavy (non-hydrogen) atoms. The van der Waals surface area contributed by atoms with Gasteiger partial charge in [-0.05, 0) is 31.5 Å². The summed E-state index contributed by atoms with van der Waals surface area (Å²) < 4.78 is 11.1. The molecule has 0 bridgehead atoms. The highest BCUT2D eigenvalue weighted by Gasteiger charge is 2.09. The van der Waals surface area contributed by atoms with Crippen LogP contribution in [0.4, 0.5) is 0 Å². The number of benzene rings is 1. The van der Waals surface area contributed by atoms with E-state index in [1.165, 1.54) is 0 Å². The highest BCUT2D eigenvalue weighted by molar-refractivity contribution is 5.66. The van der Waals surface area contributed by atoms with Crippen LogP contribution in [-0.2, 0) is 4.74 Å². The fourth-order valence-electron chi connectivity index (χ4n) is 2.42. The summed E-state index contributed by atoms with van der Waals surface area (Å²) in [6.07, 6.45) is 3.61. The Balaban J connectivity index is 1.78. The molecule has 0 aromatic heterocycles. The Morgan fingerprint density at radius 3 is 2.65 bits per heavy atom. The predicted molar refractivity (Wildman–Crippen MR) is 87.6 cm³/mol. The van der Waals surface area contributed by atoms with Crippen molar-refractivity contribution in [3.05, 3.63) is 35.4 Å². The van der Waals surface area contributed by atoms with Crippen LogP contribution in [0.1, 0.15) is 18.4 Å². The molecule has 0 spiro atoms. The van der Waals surface area contributed by atoms with Gasteiger partial charge in [0.2, 0.25) is 0 Å². The van der Waals surface area contributed by atoms with Crippen molar-refractivity contribution < 1.29 is 9.47 Å². The Kier molecular flexibility index (Phi) is 7.13. The Morgan fingerprint density at radius 2 is 1.91 bits per heavy atom. The molecule has 0 atom stereocenters. The van der Waals surface area contributed by atoms with Crippen molar-refractivity contribution >= 4 is 6.08 Å². The molecule has 1 aromatic rings. The van der Waals surface area contributed by atoms with Crippen LogP contribution in [0.3, 0.4) is 0 Å². The second kappa shape index (κ2) is 9.63. The topological polar surface area (TPSA) is 69.3 Å². The van der Waals surface area contributed by atoms with Gasteiger partial charge in [-0.2, -0.15) is 10.5 Å². The standard InChI is InChI=1S/C18H21N3O2/c19-14-16(15-20)13-17-5-1-2-6-18(17)23-10-4-3-7-21-8-11-22-12-9-21/h1-2,5-6,13H,3-4,7-12H2. The first-order valence-electron chi connectivity index (χ1n) is 7.87. The maximum absolute atomic E-state index is 8.85. The van der Waals surface area contributed by atoms with Crippen LogP contribution >= 0.6 is 0 Å². The molecule has 0 saturated carbocycles. The summed E-state index contributed by atoms with van der Waals surface area (Å²) in [6.45, 7) is 5.39.